The molecule has 0 spiro atoms. The van der Waals surface area contributed by atoms with Crippen LogP contribution in [0.1, 0.15) is 40.4 Å². The summed E-state index contributed by atoms with van der Waals surface area (Å²) in [6, 6.07) is 21.3. The maximum atomic E-state index is 13.9. The van der Waals surface area contributed by atoms with Gasteiger partial charge < -0.3 is 19.5 Å². The summed E-state index contributed by atoms with van der Waals surface area (Å²) in [5, 5.41) is 3.23. The van der Waals surface area contributed by atoms with Gasteiger partial charge in [-0.3, -0.25) is 4.79 Å². The highest BCUT2D eigenvalue weighted by Gasteiger charge is 2.26. The molecule has 0 bridgehead atoms. The number of rotatable bonds is 10. The average molecular weight is 458 g/mol. The van der Waals surface area contributed by atoms with E-state index in [0.29, 0.717) is 12.2 Å². The van der Waals surface area contributed by atoms with Gasteiger partial charge in [-0.1, -0.05) is 25.1 Å². The number of carbonyl (C=O) groups is 1. The molecule has 0 saturated heterocycles. The van der Waals surface area contributed by atoms with Crippen LogP contribution < -0.4 is 19.5 Å². The van der Waals surface area contributed by atoms with Crippen molar-refractivity contribution in [2.75, 3.05) is 33.9 Å². The summed E-state index contributed by atoms with van der Waals surface area (Å²) in [6.45, 7) is 4.35. The largest absolute Gasteiger partial charge is 0.497 e. The molecule has 3 aromatic rings. The van der Waals surface area contributed by atoms with Crippen LogP contribution in [0.5, 0.6) is 17.2 Å². The second-order valence-electron chi connectivity index (χ2n) is 8.16. The van der Waals surface area contributed by atoms with E-state index in [1.54, 1.807) is 14.2 Å². The molecule has 3 aromatic carbocycles. The Morgan fingerprint density at radius 1 is 0.853 bits per heavy atom. The Hall–Kier alpha value is -3.57. The van der Waals surface area contributed by atoms with Gasteiger partial charge in [0, 0.05) is 17.7 Å². The van der Waals surface area contributed by atoms with Crippen molar-refractivity contribution in [2.45, 2.75) is 19.8 Å². The topological polar surface area (TPSA) is 56.8 Å². The smallest absolute Gasteiger partial charge is 0.193 e. The molecule has 4 rings (SSSR count). The Bertz CT molecular complexity index is 1160. The van der Waals surface area contributed by atoms with Gasteiger partial charge >= 0.3 is 0 Å². The number of ketones is 1. The number of allylic oxidation sites excluding steroid dienone is 2. The lowest BCUT2D eigenvalue weighted by Crippen LogP contribution is -2.20. The van der Waals surface area contributed by atoms with Gasteiger partial charge in [-0.15, -0.1) is 0 Å². The van der Waals surface area contributed by atoms with Crippen LogP contribution in [0.25, 0.3) is 11.1 Å². The lowest BCUT2D eigenvalue weighted by molar-refractivity contribution is 0.105. The molecule has 1 N–H and O–H groups in total. The number of likely N-dealkylation sites (N-methyl/N-ethyl adjacent to an activating group) is 1. The van der Waals surface area contributed by atoms with Gasteiger partial charge in [0.2, 0.25) is 0 Å². The van der Waals surface area contributed by atoms with Crippen LogP contribution in [0.4, 0.5) is 0 Å². The highest BCUT2D eigenvalue weighted by Crippen LogP contribution is 2.40. The number of benzene rings is 3. The first kappa shape index (κ1) is 23.6. The summed E-state index contributed by atoms with van der Waals surface area (Å²) in [6.07, 6.45) is 1.63. The zero-order valence-electron chi connectivity index (χ0n) is 20.0. The van der Waals surface area contributed by atoms with Crippen LogP contribution in [0.2, 0.25) is 0 Å². The van der Waals surface area contributed by atoms with Crippen molar-refractivity contribution >= 4 is 16.9 Å². The minimum atomic E-state index is 0.0103. The molecule has 0 saturated carbocycles. The third-order valence-electron chi connectivity index (χ3n) is 6.11. The van der Waals surface area contributed by atoms with Crippen LogP contribution >= 0.6 is 0 Å². The van der Waals surface area contributed by atoms with Crippen molar-refractivity contribution in [1.29, 1.82) is 0 Å². The van der Waals surface area contributed by atoms with Gasteiger partial charge in [0.15, 0.2) is 5.78 Å². The fourth-order valence-electron chi connectivity index (χ4n) is 4.30. The number of ether oxygens (including phenoxy) is 3. The molecule has 0 amide bonds. The summed E-state index contributed by atoms with van der Waals surface area (Å²) < 4.78 is 16.5. The van der Waals surface area contributed by atoms with Crippen LogP contribution in [0.15, 0.2) is 66.7 Å². The number of fused-ring (bicyclic) bond motifs is 1. The molecule has 0 aromatic heterocycles. The second kappa shape index (κ2) is 11.0. The molecule has 1 aliphatic carbocycles. The molecule has 5 heteroatoms. The number of hydrogen-bond donors (Lipinski definition) is 1. The number of aryl methyl sites for hydroxylation is 1. The number of hydrogen-bond acceptors (Lipinski definition) is 5. The maximum Gasteiger partial charge on any atom is 0.193 e. The predicted molar refractivity (Wildman–Crippen MR) is 136 cm³/mol. The van der Waals surface area contributed by atoms with Gasteiger partial charge in [0.1, 0.15) is 23.9 Å². The van der Waals surface area contributed by atoms with Crippen molar-refractivity contribution in [3.63, 3.8) is 0 Å². The molecule has 0 radical (unpaired) electrons. The highest BCUT2D eigenvalue weighted by molar-refractivity contribution is 6.35. The van der Waals surface area contributed by atoms with Gasteiger partial charge in [0.25, 0.3) is 0 Å². The molecule has 34 heavy (non-hydrogen) atoms. The van der Waals surface area contributed by atoms with Crippen LogP contribution in [-0.2, 0) is 6.42 Å². The lowest BCUT2D eigenvalue weighted by atomic mass is 9.79. The van der Waals surface area contributed by atoms with Crippen LogP contribution in [0.3, 0.4) is 0 Å². The van der Waals surface area contributed by atoms with Crippen LogP contribution in [-0.4, -0.2) is 39.7 Å². The highest BCUT2D eigenvalue weighted by atomic mass is 16.5. The Balaban J connectivity index is 1.70. The first-order valence-corrected chi connectivity index (χ1v) is 11.7. The van der Waals surface area contributed by atoms with Crippen molar-refractivity contribution in [3.8, 4) is 17.2 Å². The summed E-state index contributed by atoms with van der Waals surface area (Å²) in [5.41, 5.74) is 5.57. The summed E-state index contributed by atoms with van der Waals surface area (Å²) in [7, 11) is 3.32. The van der Waals surface area contributed by atoms with Crippen molar-refractivity contribution < 1.29 is 19.0 Å². The molecule has 0 heterocycles. The Morgan fingerprint density at radius 2 is 1.53 bits per heavy atom. The van der Waals surface area contributed by atoms with E-state index in [1.807, 2.05) is 66.7 Å². The minimum absolute atomic E-state index is 0.0103. The minimum Gasteiger partial charge on any atom is -0.497 e. The van der Waals surface area contributed by atoms with E-state index in [9.17, 15) is 4.79 Å². The first-order chi connectivity index (χ1) is 16.6. The van der Waals surface area contributed by atoms with Crippen LogP contribution in [0, 0.1) is 0 Å². The lowest BCUT2D eigenvalue weighted by Gasteiger charge is -2.24. The molecular formula is C29H31NO4. The fraction of sp³-hybridized carbons (Fsp3) is 0.276. The van der Waals surface area contributed by atoms with E-state index in [4.69, 9.17) is 14.2 Å². The van der Waals surface area contributed by atoms with Gasteiger partial charge in [-0.05, 0) is 90.2 Å². The molecule has 0 fully saturated rings. The molecule has 1 aliphatic rings. The van der Waals surface area contributed by atoms with E-state index in [2.05, 4.69) is 12.2 Å². The molecule has 0 aliphatic heterocycles. The zero-order valence-corrected chi connectivity index (χ0v) is 20.0. The molecule has 5 nitrogen and oxygen atoms in total. The second-order valence-corrected chi connectivity index (χ2v) is 8.16. The Morgan fingerprint density at radius 3 is 2.21 bits per heavy atom. The summed E-state index contributed by atoms with van der Waals surface area (Å²) in [4.78, 5) is 13.9. The molecule has 0 unspecified atom stereocenters. The predicted octanol–water partition coefficient (Wildman–Crippen LogP) is 5.43. The first-order valence-electron chi connectivity index (χ1n) is 11.7. The monoisotopic (exact) mass is 457 g/mol. The summed E-state index contributed by atoms with van der Waals surface area (Å²) >= 11 is 0. The fourth-order valence-corrected chi connectivity index (χ4v) is 4.30. The van der Waals surface area contributed by atoms with Crippen molar-refractivity contribution in [1.82, 2.24) is 5.32 Å². The number of carbonyl (C=O) groups excluding carboxylic acids is 1. The quantitative estimate of drug-likeness (QED) is 0.325. The van der Waals surface area contributed by atoms with E-state index in [0.717, 1.165) is 71.0 Å². The van der Waals surface area contributed by atoms with Crippen molar-refractivity contribution in [2.24, 2.45) is 0 Å². The van der Waals surface area contributed by atoms with Crippen molar-refractivity contribution in [3.05, 3.63) is 89.0 Å². The van der Waals surface area contributed by atoms with Gasteiger partial charge in [-0.2, -0.15) is 0 Å². The average Bonchev–Trinajstić information content (AvgIpc) is 2.90. The standard InChI is InChI=1S/C29H31NO4/c1-4-30-17-18-34-24-12-7-21(8-13-24)29(31)28-26(20-5-10-23(32-2)11-6-20)15-9-22-19-25(33-3)14-16-27(22)28/h5-8,10-14,16,19,30H,4,9,15,17-18H2,1-3H3. The number of nitrogens with one attached hydrogen (secondary N) is 1. The van der Waals surface area contributed by atoms with E-state index in [-0.39, 0.29) is 5.78 Å². The summed E-state index contributed by atoms with van der Waals surface area (Å²) in [5.74, 6) is 2.36. The third kappa shape index (κ3) is 5.15. The van der Waals surface area contributed by atoms with Gasteiger partial charge in [-0.25, -0.2) is 0 Å². The zero-order chi connectivity index (χ0) is 23.9. The Kier molecular flexibility index (Phi) is 7.65. The van der Waals surface area contributed by atoms with E-state index >= 15 is 0 Å². The molecule has 0 atom stereocenters. The SMILES string of the molecule is CCNCCOc1ccc(C(=O)C2=C(c3ccc(OC)cc3)CCc3cc(OC)ccc32)cc1. The van der Waals surface area contributed by atoms with E-state index in [1.165, 1.54) is 0 Å². The molecular weight excluding hydrogens is 426 g/mol. The third-order valence-corrected chi connectivity index (χ3v) is 6.11. The van der Waals surface area contributed by atoms with Gasteiger partial charge in [0.05, 0.1) is 14.2 Å². The molecule has 176 valence electrons. The number of Topliss-reactive ketones (excluding diaryl/α,β-unsaturated/α-hetero) is 1. The maximum absolute atomic E-state index is 13.9. The number of methoxy groups -OCH3 is 2. The normalized spacial score (nSPS) is 12.8. The van der Waals surface area contributed by atoms with E-state index < -0.39 is 0 Å². The Labute approximate surface area is 201 Å².